The second kappa shape index (κ2) is 7.72. The van der Waals surface area contributed by atoms with E-state index in [1.807, 2.05) is 41.5 Å². The Kier molecular flexibility index (Phi) is 6.28. The molecular formula is C23H39NO4. The van der Waals surface area contributed by atoms with Gasteiger partial charge in [0.1, 0.15) is 5.60 Å². The first-order chi connectivity index (χ1) is 12.7. The molecule has 5 heteroatoms. The average molecular weight is 394 g/mol. The van der Waals surface area contributed by atoms with Gasteiger partial charge in [-0.2, -0.15) is 0 Å². The van der Waals surface area contributed by atoms with E-state index in [-0.39, 0.29) is 5.92 Å². The first kappa shape index (κ1) is 22.8. The lowest BCUT2D eigenvalue weighted by atomic mass is 9.46. The van der Waals surface area contributed by atoms with Crippen molar-refractivity contribution in [2.24, 2.45) is 34.5 Å². The molecule has 0 aromatic carbocycles. The number of carboxylic acid groups (broad SMARTS) is 1. The predicted molar refractivity (Wildman–Crippen MR) is 111 cm³/mol. The molecule has 5 nitrogen and oxygen atoms in total. The Morgan fingerprint density at radius 2 is 1.86 bits per heavy atom. The highest BCUT2D eigenvalue weighted by molar-refractivity contribution is 5.73. The van der Waals surface area contributed by atoms with E-state index in [1.165, 1.54) is 5.57 Å². The van der Waals surface area contributed by atoms with Crippen LogP contribution >= 0.6 is 0 Å². The van der Waals surface area contributed by atoms with Crippen LogP contribution in [0.3, 0.4) is 0 Å². The van der Waals surface area contributed by atoms with Gasteiger partial charge in [0.05, 0.1) is 5.92 Å². The number of hydrogen-bond acceptors (Lipinski definition) is 3. The molecule has 0 spiro atoms. The predicted octanol–water partition coefficient (Wildman–Crippen LogP) is 5.26. The third kappa shape index (κ3) is 4.90. The molecule has 1 saturated carbocycles. The fourth-order valence-electron chi connectivity index (χ4n) is 5.53. The average Bonchev–Trinajstić information content (AvgIpc) is 2.76. The molecule has 28 heavy (non-hydrogen) atoms. The standard InChI is InChI=1S/C23H39NO4/c1-14(2)9-15-10-16-12-23(17(16)11-15,18(19(25)26)21(3,4)5)13-24-20(27)28-22(6,7)8/h11,14,16-18H,9-10,12-13H2,1-8H3,(H,24,27)(H,25,26)/t16-,17+,18?,23+/m1/s1. The van der Waals surface area contributed by atoms with Crippen molar-refractivity contribution >= 4 is 12.1 Å². The summed E-state index contributed by atoms with van der Waals surface area (Å²) >= 11 is 0. The summed E-state index contributed by atoms with van der Waals surface area (Å²) in [5.74, 6) is -0.0145. The van der Waals surface area contributed by atoms with Crippen LogP contribution in [0.15, 0.2) is 11.6 Å². The van der Waals surface area contributed by atoms with Crippen molar-refractivity contribution in [2.75, 3.05) is 6.54 Å². The first-order valence-corrected chi connectivity index (χ1v) is 10.5. The lowest BCUT2D eigenvalue weighted by Gasteiger charge is -2.58. The molecule has 1 fully saturated rings. The molecule has 0 aliphatic heterocycles. The molecule has 2 aliphatic rings. The molecule has 0 bridgehead atoms. The first-order valence-electron chi connectivity index (χ1n) is 10.5. The summed E-state index contributed by atoms with van der Waals surface area (Å²) in [6.07, 6.45) is 4.81. The van der Waals surface area contributed by atoms with Gasteiger partial charge in [-0.1, -0.05) is 46.3 Å². The van der Waals surface area contributed by atoms with Crippen LogP contribution in [0.1, 0.15) is 74.7 Å². The van der Waals surface area contributed by atoms with E-state index in [0.29, 0.717) is 18.4 Å². The lowest BCUT2D eigenvalue weighted by molar-refractivity contribution is -0.167. The highest BCUT2D eigenvalue weighted by Gasteiger charge is 2.63. The summed E-state index contributed by atoms with van der Waals surface area (Å²) in [6, 6.07) is 0. The third-order valence-corrected chi connectivity index (χ3v) is 6.07. The Labute approximate surface area is 170 Å². The Hall–Kier alpha value is -1.52. The Balaban J connectivity index is 2.29. The topological polar surface area (TPSA) is 75.6 Å². The van der Waals surface area contributed by atoms with Gasteiger partial charge in [0, 0.05) is 12.0 Å². The molecule has 2 aliphatic carbocycles. The number of carboxylic acids is 1. The fraction of sp³-hybridized carbons (Fsp3) is 0.826. The van der Waals surface area contributed by atoms with Gasteiger partial charge in [-0.05, 0) is 63.2 Å². The van der Waals surface area contributed by atoms with Crippen molar-refractivity contribution in [3.8, 4) is 0 Å². The van der Waals surface area contributed by atoms with Crippen LogP contribution in [0.5, 0.6) is 0 Å². The van der Waals surface area contributed by atoms with Gasteiger partial charge >= 0.3 is 12.1 Å². The van der Waals surface area contributed by atoms with Crippen LogP contribution in [-0.4, -0.2) is 29.3 Å². The number of rotatable bonds is 6. The lowest BCUT2D eigenvalue weighted by Crippen LogP contribution is -2.61. The highest BCUT2D eigenvalue weighted by Crippen LogP contribution is 2.64. The minimum atomic E-state index is -0.775. The number of amides is 1. The number of nitrogens with one attached hydrogen (secondary N) is 1. The van der Waals surface area contributed by atoms with Crippen molar-refractivity contribution < 1.29 is 19.4 Å². The van der Waals surface area contributed by atoms with Gasteiger partial charge in [-0.15, -0.1) is 0 Å². The van der Waals surface area contributed by atoms with Crippen LogP contribution in [0.2, 0.25) is 0 Å². The van der Waals surface area contributed by atoms with Crippen LogP contribution in [-0.2, 0) is 9.53 Å². The van der Waals surface area contributed by atoms with Crippen molar-refractivity contribution in [3.05, 3.63) is 11.6 Å². The molecule has 0 aromatic heterocycles. The van der Waals surface area contributed by atoms with Crippen LogP contribution in [0.4, 0.5) is 4.79 Å². The van der Waals surface area contributed by atoms with E-state index >= 15 is 0 Å². The zero-order valence-corrected chi connectivity index (χ0v) is 18.9. The number of allylic oxidation sites excluding steroid dienone is 2. The number of aliphatic carboxylic acids is 1. The molecule has 2 N–H and O–H groups in total. The molecule has 4 atom stereocenters. The molecular weight excluding hydrogens is 354 g/mol. The number of ether oxygens (including phenoxy) is 1. The van der Waals surface area contributed by atoms with Crippen LogP contribution in [0.25, 0.3) is 0 Å². The van der Waals surface area contributed by atoms with Gasteiger partial charge in [0.2, 0.25) is 0 Å². The minimum absolute atomic E-state index is 0.205. The highest BCUT2D eigenvalue weighted by atomic mass is 16.6. The zero-order valence-electron chi connectivity index (χ0n) is 18.9. The smallest absolute Gasteiger partial charge is 0.407 e. The van der Waals surface area contributed by atoms with Gasteiger partial charge < -0.3 is 15.2 Å². The van der Waals surface area contributed by atoms with E-state index in [0.717, 1.165) is 19.3 Å². The van der Waals surface area contributed by atoms with E-state index in [1.54, 1.807) is 0 Å². The fourth-order valence-corrected chi connectivity index (χ4v) is 5.53. The second-order valence-corrected chi connectivity index (χ2v) is 11.3. The third-order valence-electron chi connectivity index (χ3n) is 6.07. The largest absolute Gasteiger partial charge is 0.481 e. The van der Waals surface area contributed by atoms with Crippen molar-refractivity contribution in [2.45, 2.75) is 80.3 Å². The number of fused-ring (bicyclic) bond motifs is 1. The van der Waals surface area contributed by atoms with Gasteiger partial charge in [0.15, 0.2) is 0 Å². The molecule has 0 radical (unpaired) electrons. The summed E-state index contributed by atoms with van der Waals surface area (Å²) in [4.78, 5) is 24.6. The van der Waals surface area contributed by atoms with Crippen LogP contribution in [0, 0.1) is 34.5 Å². The normalized spacial score (nSPS) is 28.2. The van der Waals surface area contributed by atoms with Gasteiger partial charge in [0.25, 0.3) is 0 Å². The SMILES string of the molecule is CC(C)CC1=C[C@H]2[C@H](C1)C[C@@]2(CNC(=O)OC(C)(C)C)C(C(=O)O)C(C)(C)C. The minimum Gasteiger partial charge on any atom is -0.481 e. The number of carbonyl (C=O) groups is 2. The van der Waals surface area contributed by atoms with Crippen LogP contribution < -0.4 is 5.32 Å². The van der Waals surface area contributed by atoms with E-state index in [9.17, 15) is 14.7 Å². The summed E-state index contributed by atoms with van der Waals surface area (Å²) < 4.78 is 5.40. The van der Waals surface area contributed by atoms with Crippen molar-refractivity contribution in [1.29, 1.82) is 0 Å². The summed E-state index contributed by atoms with van der Waals surface area (Å²) in [5, 5.41) is 13.0. The molecule has 2 rings (SSSR count). The molecule has 160 valence electrons. The van der Waals surface area contributed by atoms with Crippen molar-refractivity contribution in [3.63, 3.8) is 0 Å². The van der Waals surface area contributed by atoms with Crippen molar-refractivity contribution in [1.82, 2.24) is 5.32 Å². The van der Waals surface area contributed by atoms with Gasteiger partial charge in [-0.3, -0.25) is 4.79 Å². The molecule has 1 amide bonds. The molecule has 0 aromatic rings. The van der Waals surface area contributed by atoms with Gasteiger partial charge in [-0.25, -0.2) is 4.79 Å². The second-order valence-electron chi connectivity index (χ2n) is 11.3. The quantitative estimate of drug-likeness (QED) is 0.604. The van der Waals surface area contributed by atoms with E-state index in [4.69, 9.17) is 4.74 Å². The monoisotopic (exact) mass is 393 g/mol. The number of carbonyl (C=O) groups excluding carboxylic acids is 1. The Bertz CT molecular complexity index is 638. The molecule has 0 saturated heterocycles. The molecule has 1 unspecified atom stereocenters. The number of hydrogen-bond donors (Lipinski definition) is 2. The summed E-state index contributed by atoms with van der Waals surface area (Å²) in [7, 11) is 0. The maximum absolute atomic E-state index is 12.3. The molecule has 0 heterocycles. The number of alkyl carbamates (subject to hydrolysis) is 1. The van der Waals surface area contributed by atoms with E-state index < -0.39 is 34.4 Å². The summed E-state index contributed by atoms with van der Waals surface area (Å²) in [5.41, 5.74) is 0.000796. The maximum atomic E-state index is 12.3. The summed E-state index contributed by atoms with van der Waals surface area (Å²) in [6.45, 7) is 16.2. The van der Waals surface area contributed by atoms with E-state index in [2.05, 4.69) is 25.2 Å². The Morgan fingerprint density at radius 1 is 1.25 bits per heavy atom. The maximum Gasteiger partial charge on any atom is 0.407 e. The zero-order chi connectivity index (χ0) is 21.5. The Morgan fingerprint density at radius 3 is 2.32 bits per heavy atom.